The van der Waals surface area contributed by atoms with E-state index in [4.69, 9.17) is 5.11 Å². The van der Waals surface area contributed by atoms with E-state index in [0.29, 0.717) is 17.7 Å². The highest BCUT2D eigenvalue weighted by atomic mass is 32.2. The molecule has 1 atom stereocenters. The zero-order valence-corrected chi connectivity index (χ0v) is 12.3. The van der Waals surface area contributed by atoms with Gasteiger partial charge in [0.15, 0.2) is 0 Å². The van der Waals surface area contributed by atoms with Crippen LogP contribution in [0.1, 0.15) is 34.3 Å². The van der Waals surface area contributed by atoms with Crippen molar-refractivity contribution in [2.45, 2.75) is 31.7 Å². The van der Waals surface area contributed by atoms with E-state index in [1.165, 1.54) is 11.1 Å². The first-order chi connectivity index (χ1) is 9.61. The number of thioether (sulfide) groups is 1. The van der Waals surface area contributed by atoms with Crippen LogP contribution in [0.2, 0.25) is 0 Å². The van der Waals surface area contributed by atoms with Gasteiger partial charge in [0.1, 0.15) is 6.04 Å². The van der Waals surface area contributed by atoms with Gasteiger partial charge in [-0.05, 0) is 61.0 Å². The van der Waals surface area contributed by atoms with Gasteiger partial charge in [-0.15, -0.1) is 0 Å². The first-order valence-electron chi connectivity index (χ1n) is 6.76. The smallest absolute Gasteiger partial charge is 0.326 e. The number of aryl methyl sites for hydroxylation is 2. The van der Waals surface area contributed by atoms with Gasteiger partial charge in [0.05, 0.1) is 0 Å². The molecule has 0 unspecified atom stereocenters. The summed E-state index contributed by atoms with van der Waals surface area (Å²) in [5.41, 5.74) is 3.08. The van der Waals surface area contributed by atoms with Crippen LogP contribution in [0.3, 0.4) is 0 Å². The zero-order valence-electron chi connectivity index (χ0n) is 11.5. The molecule has 1 aromatic carbocycles. The molecule has 0 fully saturated rings. The highest BCUT2D eigenvalue weighted by Gasteiger charge is 2.21. The maximum Gasteiger partial charge on any atom is 0.326 e. The third kappa shape index (κ3) is 3.54. The van der Waals surface area contributed by atoms with Crippen molar-refractivity contribution in [1.82, 2.24) is 5.32 Å². The van der Waals surface area contributed by atoms with Crippen LogP contribution in [0, 0.1) is 0 Å². The lowest BCUT2D eigenvalue weighted by atomic mass is 10.1. The predicted octanol–water partition coefficient (Wildman–Crippen LogP) is 2.11. The number of hydrogen-bond donors (Lipinski definition) is 2. The lowest BCUT2D eigenvalue weighted by Gasteiger charge is -2.14. The summed E-state index contributed by atoms with van der Waals surface area (Å²) < 4.78 is 0. The number of nitrogens with one attached hydrogen (secondary N) is 1. The van der Waals surface area contributed by atoms with Gasteiger partial charge in [-0.25, -0.2) is 4.79 Å². The fraction of sp³-hybridized carbons (Fsp3) is 0.467. The molecule has 0 spiro atoms. The Bertz CT molecular complexity index is 516. The number of amides is 1. The van der Waals surface area contributed by atoms with Crippen LogP contribution in [0.25, 0.3) is 0 Å². The maximum absolute atomic E-state index is 12.1. The van der Waals surface area contributed by atoms with Gasteiger partial charge >= 0.3 is 5.97 Å². The Morgan fingerprint density at radius 2 is 2.10 bits per heavy atom. The number of carboxylic acid groups (broad SMARTS) is 1. The molecule has 4 nitrogen and oxygen atoms in total. The van der Waals surface area contributed by atoms with Gasteiger partial charge in [0, 0.05) is 5.56 Å². The molecule has 2 N–H and O–H groups in total. The first kappa shape index (κ1) is 14.9. The fourth-order valence-corrected chi connectivity index (χ4v) is 2.92. The Balaban J connectivity index is 2.04. The maximum atomic E-state index is 12.1. The molecular weight excluding hydrogens is 274 g/mol. The van der Waals surface area contributed by atoms with Crippen molar-refractivity contribution >= 4 is 23.6 Å². The van der Waals surface area contributed by atoms with Crippen LogP contribution in [0.4, 0.5) is 0 Å². The standard InChI is InChI=1S/C15H19NO3S/c1-20-8-7-13(15(18)19)16-14(17)12-6-5-10-3-2-4-11(10)9-12/h5-6,9,13H,2-4,7-8H2,1H3,(H,16,17)(H,18,19)/t13-/m0/s1. The summed E-state index contributed by atoms with van der Waals surface area (Å²) in [4.78, 5) is 23.3. The molecule has 1 aliphatic carbocycles. The van der Waals surface area contributed by atoms with Gasteiger partial charge in [-0.3, -0.25) is 4.79 Å². The van der Waals surface area contributed by atoms with Crippen LogP contribution in [0.15, 0.2) is 18.2 Å². The second kappa shape index (κ2) is 6.79. The quantitative estimate of drug-likeness (QED) is 0.843. The van der Waals surface area contributed by atoms with Crippen molar-refractivity contribution in [2.75, 3.05) is 12.0 Å². The van der Waals surface area contributed by atoms with Gasteiger partial charge < -0.3 is 10.4 Å². The Morgan fingerprint density at radius 1 is 1.35 bits per heavy atom. The largest absolute Gasteiger partial charge is 0.480 e. The van der Waals surface area contributed by atoms with Gasteiger partial charge in [0.2, 0.25) is 0 Å². The Labute approximate surface area is 123 Å². The molecule has 0 aliphatic heterocycles. The van der Waals surface area contributed by atoms with E-state index in [1.54, 1.807) is 17.8 Å². The van der Waals surface area contributed by atoms with Gasteiger partial charge in [-0.2, -0.15) is 11.8 Å². The number of fused-ring (bicyclic) bond motifs is 1. The first-order valence-corrected chi connectivity index (χ1v) is 8.15. The van der Waals surface area contributed by atoms with Crippen LogP contribution in [-0.2, 0) is 17.6 Å². The topological polar surface area (TPSA) is 66.4 Å². The molecule has 0 radical (unpaired) electrons. The van der Waals surface area contributed by atoms with E-state index in [2.05, 4.69) is 5.32 Å². The zero-order chi connectivity index (χ0) is 14.5. The lowest BCUT2D eigenvalue weighted by Crippen LogP contribution is -2.41. The summed E-state index contributed by atoms with van der Waals surface area (Å²) in [6, 6.07) is 4.84. The van der Waals surface area contributed by atoms with Crippen molar-refractivity contribution in [3.8, 4) is 0 Å². The van der Waals surface area contributed by atoms with Crippen molar-refractivity contribution in [3.05, 3.63) is 34.9 Å². The van der Waals surface area contributed by atoms with E-state index in [9.17, 15) is 9.59 Å². The molecule has 0 heterocycles. The fourth-order valence-electron chi connectivity index (χ4n) is 2.45. The summed E-state index contributed by atoms with van der Waals surface area (Å²) >= 11 is 1.57. The summed E-state index contributed by atoms with van der Waals surface area (Å²) in [5.74, 6) is -0.566. The van der Waals surface area contributed by atoms with Crippen molar-refractivity contribution in [1.29, 1.82) is 0 Å². The number of rotatable bonds is 6. The normalized spacial score (nSPS) is 14.7. The van der Waals surface area contributed by atoms with Gasteiger partial charge in [-0.1, -0.05) is 6.07 Å². The SMILES string of the molecule is CSCC[C@H](NC(=O)c1ccc2c(c1)CCC2)C(=O)O. The number of benzene rings is 1. The summed E-state index contributed by atoms with van der Waals surface area (Å²) in [5, 5.41) is 11.7. The molecule has 1 aliphatic rings. The van der Waals surface area contributed by atoms with Crippen LogP contribution >= 0.6 is 11.8 Å². The molecule has 108 valence electrons. The third-order valence-electron chi connectivity index (χ3n) is 3.57. The minimum atomic E-state index is -0.978. The molecule has 2 rings (SSSR count). The van der Waals surface area contributed by atoms with Crippen molar-refractivity contribution < 1.29 is 14.7 Å². The molecule has 0 saturated heterocycles. The average Bonchev–Trinajstić information content (AvgIpc) is 2.90. The average molecular weight is 293 g/mol. The van der Waals surface area contributed by atoms with E-state index in [-0.39, 0.29) is 5.91 Å². The second-order valence-electron chi connectivity index (χ2n) is 4.98. The Morgan fingerprint density at radius 3 is 2.80 bits per heavy atom. The van der Waals surface area contributed by atoms with Crippen LogP contribution in [0.5, 0.6) is 0 Å². The highest BCUT2D eigenvalue weighted by molar-refractivity contribution is 7.98. The van der Waals surface area contributed by atoms with E-state index < -0.39 is 12.0 Å². The van der Waals surface area contributed by atoms with E-state index >= 15 is 0 Å². The number of carboxylic acids is 1. The van der Waals surface area contributed by atoms with E-state index in [1.807, 2.05) is 18.4 Å². The minimum absolute atomic E-state index is 0.298. The van der Waals surface area contributed by atoms with E-state index in [0.717, 1.165) is 19.3 Å². The van der Waals surface area contributed by atoms with Crippen molar-refractivity contribution in [2.24, 2.45) is 0 Å². The summed E-state index contributed by atoms with van der Waals surface area (Å²) in [7, 11) is 0. The molecule has 0 saturated carbocycles. The molecule has 5 heteroatoms. The van der Waals surface area contributed by atoms with Crippen LogP contribution < -0.4 is 5.32 Å². The minimum Gasteiger partial charge on any atom is -0.480 e. The molecule has 0 aromatic heterocycles. The lowest BCUT2D eigenvalue weighted by molar-refractivity contribution is -0.139. The van der Waals surface area contributed by atoms with Crippen LogP contribution in [-0.4, -0.2) is 35.0 Å². The van der Waals surface area contributed by atoms with Crippen molar-refractivity contribution in [3.63, 3.8) is 0 Å². The number of carbonyl (C=O) groups excluding carboxylic acids is 1. The van der Waals surface area contributed by atoms with Gasteiger partial charge in [0.25, 0.3) is 5.91 Å². The molecular formula is C15H19NO3S. The second-order valence-corrected chi connectivity index (χ2v) is 5.97. The summed E-state index contributed by atoms with van der Waals surface area (Å²) in [6.45, 7) is 0. The Hall–Kier alpha value is -1.49. The third-order valence-corrected chi connectivity index (χ3v) is 4.22. The highest BCUT2D eigenvalue weighted by Crippen LogP contribution is 2.22. The molecule has 1 amide bonds. The Kier molecular flexibility index (Phi) is 5.06. The molecule has 0 bridgehead atoms. The predicted molar refractivity (Wildman–Crippen MR) is 80.4 cm³/mol. The number of hydrogen-bond acceptors (Lipinski definition) is 3. The molecule has 20 heavy (non-hydrogen) atoms. The molecule has 1 aromatic rings. The number of carbonyl (C=O) groups is 2. The monoisotopic (exact) mass is 293 g/mol. The number of aliphatic carboxylic acids is 1. The summed E-state index contributed by atoms with van der Waals surface area (Å²) in [6.07, 6.45) is 5.56.